The van der Waals surface area contributed by atoms with Gasteiger partial charge in [-0.1, -0.05) is 13.0 Å². The van der Waals surface area contributed by atoms with Crippen molar-refractivity contribution >= 4 is 11.8 Å². The molecule has 0 saturated carbocycles. The second-order valence-electron chi connectivity index (χ2n) is 7.74. The van der Waals surface area contributed by atoms with Crippen LogP contribution in [0.3, 0.4) is 0 Å². The monoisotopic (exact) mass is 394 g/mol. The van der Waals surface area contributed by atoms with Crippen molar-refractivity contribution in [2.45, 2.75) is 26.8 Å². The molecule has 3 aromatic rings. The molecule has 0 radical (unpaired) electrons. The first-order chi connectivity index (χ1) is 13.9. The Bertz CT molecular complexity index is 1040. The molecule has 3 aromatic heterocycles. The third-order valence-electron chi connectivity index (χ3n) is 5.41. The van der Waals surface area contributed by atoms with Crippen LogP contribution in [0, 0.1) is 12.8 Å². The van der Waals surface area contributed by atoms with E-state index in [0.717, 1.165) is 35.7 Å². The number of rotatable bonds is 5. The average Bonchev–Trinajstić information content (AvgIpc) is 3.42. The van der Waals surface area contributed by atoms with Crippen LogP contribution in [0.1, 0.15) is 35.0 Å². The minimum absolute atomic E-state index is 0.413. The Morgan fingerprint density at radius 1 is 1.31 bits per heavy atom. The fourth-order valence-corrected chi connectivity index (χ4v) is 3.76. The second-order valence-corrected chi connectivity index (χ2v) is 7.74. The van der Waals surface area contributed by atoms with E-state index in [4.69, 9.17) is 9.72 Å². The summed E-state index contributed by atoms with van der Waals surface area (Å²) in [6.45, 7) is 6.94. The predicted molar refractivity (Wildman–Crippen MR) is 110 cm³/mol. The maximum Gasteiger partial charge on any atom is 0.341 e. The zero-order valence-corrected chi connectivity index (χ0v) is 17.3. The van der Waals surface area contributed by atoms with Gasteiger partial charge in [-0.15, -0.1) is 0 Å². The highest BCUT2D eigenvalue weighted by Crippen LogP contribution is 2.25. The molecule has 0 aliphatic carbocycles. The van der Waals surface area contributed by atoms with E-state index in [2.05, 4.69) is 34.2 Å². The summed E-state index contributed by atoms with van der Waals surface area (Å²) in [5.74, 6) is 1.33. The van der Waals surface area contributed by atoms with E-state index < -0.39 is 5.97 Å². The summed E-state index contributed by atoms with van der Waals surface area (Å²) in [4.78, 5) is 19.4. The van der Waals surface area contributed by atoms with Gasteiger partial charge >= 0.3 is 5.97 Å². The molecule has 152 valence electrons. The zero-order valence-electron chi connectivity index (χ0n) is 17.3. The van der Waals surface area contributed by atoms with Crippen molar-refractivity contribution in [1.29, 1.82) is 0 Å². The maximum atomic E-state index is 12.2. The first kappa shape index (κ1) is 19.2. The van der Waals surface area contributed by atoms with Crippen molar-refractivity contribution in [3.05, 3.63) is 47.5 Å². The van der Waals surface area contributed by atoms with Gasteiger partial charge in [-0.2, -0.15) is 10.2 Å². The predicted octanol–water partition coefficient (Wildman–Crippen LogP) is 2.67. The van der Waals surface area contributed by atoms with E-state index in [1.807, 2.05) is 20.2 Å². The average molecular weight is 394 g/mol. The number of hydrogen-bond acceptors (Lipinski definition) is 6. The molecule has 0 N–H and O–H groups in total. The number of ether oxygens (including phenoxy) is 1. The van der Waals surface area contributed by atoms with E-state index in [9.17, 15) is 4.79 Å². The maximum absolute atomic E-state index is 12.2. The molecule has 29 heavy (non-hydrogen) atoms. The van der Waals surface area contributed by atoms with Crippen LogP contribution in [0.4, 0.5) is 5.82 Å². The summed E-state index contributed by atoms with van der Waals surface area (Å²) < 4.78 is 8.38. The van der Waals surface area contributed by atoms with Crippen LogP contribution in [-0.4, -0.2) is 50.7 Å². The van der Waals surface area contributed by atoms with Crippen molar-refractivity contribution < 1.29 is 9.53 Å². The van der Waals surface area contributed by atoms with Gasteiger partial charge in [0.15, 0.2) is 0 Å². The van der Waals surface area contributed by atoms with Crippen LogP contribution in [0.25, 0.3) is 11.3 Å². The second kappa shape index (κ2) is 7.69. The topological polar surface area (TPSA) is 78.1 Å². The lowest BCUT2D eigenvalue weighted by Crippen LogP contribution is -2.20. The van der Waals surface area contributed by atoms with Gasteiger partial charge in [-0.25, -0.2) is 9.78 Å². The molecule has 0 bridgehead atoms. The quantitative estimate of drug-likeness (QED) is 0.619. The molecule has 1 atom stereocenters. The molecule has 0 aromatic carbocycles. The molecule has 1 saturated heterocycles. The molecule has 8 nitrogen and oxygen atoms in total. The van der Waals surface area contributed by atoms with Crippen molar-refractivity contribution in [3.63, 3.8) is 0 Å². The summed E-state index contributed by atoms with van der Waals surface area (Å²) >= 11 is 0. The molecule has 4 heterocycles. The molecule has 1 fully saturated rings. The third kappa shape index (κ3) is 3.87. The molecule has 1 aliphatic rings. The summed E-state index contributed by atoms with van der Waals surface area (Å²) in [7, 11) is 3.20. The van der Waals surface area contributed by atoms with Crippen LogP contribution >= 0.6 is 0 Å². The van der Waals surface area contributed by atoms with Crippen molar-refractivity contribution in [3.8, 4) is 11.3 Å². The Labute approximate surface area is 170 Å². The molecule has 0 amide bonds. The van der Waals surface area contributed by atoms with Gasteiger partial charge in [0.1, 0.15) is 17.1 Å². The van der Waals surface area contributed by atoms with Crippen LogP contribution in [0.5, 0.6) is 0 Å². The van der Waals surface area contributed by atoms with E-state index in [0.29, 0.717) is 23.7 Å². The van der Waals surface area contributed by atoms with Gasteiger partial charge in [0.05, 0.1) is 19.9 Å². The van der Waals surface area contributed by atoms with Gasteiger partial charge in [-0.05, 0) is 30.9 Å². The van der Waals surface area contributed by atoms with Crippen LogP contribution in [0.15, 0.2) is 30.7 Å². The van der Waals surface area contributed by atoms with E-state index in [-0.39, 0.29) is 0 Å². The fourth-order valence-electron chi connectivity index (χ4n) is 3.76. The van der Waals surface area contributed by atoms with Crippen LogP contribution in [0.2, 0.25) is 0 Å². The molecular formula is C21H26N6O2. The highest BCUT2D eigenvalue weighted by molar-refractivity contribution is 5.95. The molecule has 1 unspecified atom stereocenters. The van der Waals surface area contributed by atoms with Gasteiger partial charge in [0.25, 0.3) is 0 Å². The minimum Gasteiger partial charge on any atom is -0.465 e. The molecule has 4 rings (SSSR count). The summed E-state index contributed by atoms with van der Waals surface area (Å²) in [6, 6.07) is 4.18. The number of pyridine rings is 1. The first-order valence-electron chi connectivity index (χ1n) is 9.81. The number of nitrogens with zero attached hydrogens (tertiary/aromatic N) is 6. The Kier molecular flexibility index (Phi) is 5.08. The number of aromatic nitrogens is 5. The molecule has 8 heteroatoms. The zero-order chi connectivity index (χ0) is 20.5. The summed E-state index contributed by atoms with van der Waals surface area (Å²) in [5.41, 5.74) is 3.81. The van der Waals surface area contributed by atoms with Gasteiger partial charge < -0.3 is 9.64 Å². The minimum atomic E-state index is -0.413. The molecular weight excluding hydrogens is 368 g/mol. The number of methoxy groups -OCH3 is 1. The molecule has 1 aliphatic heterocycles. The Balaban J connectivity index is 1.61. The van der Waals surface area contributed by atoms with Crippen LogP contribution < -0.4 is 4.90 Å². The van der Waals surface area contributed by atoms with Gasteiger partial charge in [0, 0.05) is 43.8 Å². The summed E-state index contributed by atoms with van der Waals surface area (Å²) in [5, 5.41) is 8.81. The highest BCUT2D eigenvalue weighted by atomic mass is 16.5. The van der Waals surface area contributed by atoms with Crippen LogP contribution in [-0.2, 0) is 18.3 Å². The first-order valence-corrected chi connectivity index (χ1v) is 9.81. The van der Waals surface area contributed by atoms with Crippen molar-refractivity contribution in [1.82, 2.24) is 24.5 Å². The largest absolute Gasteiger partial charge is 0.465 e. The third-order valence-corrected chi connectivity index (χ3v) is 5.41. The Morgan fingerprint density at radius 2 is 2.14 bits per heavy atom. The highest BCUT2D eigenvalue weighted by Gasteiger charge is 2.22. The SMILES string of the molecule is COC(=O)c1cn(Cc2ccc(N3CCC(C)C3)nc2C)nc1-c1cnn(C)c1. The Hall–Kier alpha value is -3.16. The fraction of sp³-hybridized carbons (Fsp3) is 0.429. The number of carbonyl (C=O) groups is 1. The van der Waals surface area contributed by atoms with Crippen molar-refractivity contribution in [2.75, 3.05) is 25.1 Å². The lowest BCUT2D eigenvalue weighted by molar-refractivity contribution is 0.0601. The number of carbonyl (C=O) groups excluding carboxylic acids is 1. The standard InChI is InChI=1S/C21H26N6O2/c1-14-7-8-26(10-14)19-6-5-16(15(2)23-19)12-27-13-18(21(28)29-4)20(24-27)17-9-22-25(3)11-17/h5-6,9,11,13-14H,7-8,10,12H2,1-4H3. The lowest BCUT2D eigenvalue weighted by atomic mass is 10.1. The smallest absolute Gasteiger partial charge is 0.341 e. The Morgan fingerprint density at radius 3 is 2.76 bits per heavy atom. The summed E-state index contributed by atoms with van der Waals surface area (Å²) in [6.07, 6.45) is 6.46. The number of hydrogen-bond donors (Lipinski definition) is 0. The number of aryl methyl sites for hydroxylation is 2. The van der Waals surface area contributed by atoms with Crippen molar-refractivity contribution in [2.24, 2.45) is 13.0 Å². The van der Waals surface area contributed by atoms with Gasteiger partial charge in [0.2, 0.25) is 0 Å². The van der Waals surface area contributed by atoms with Gasteiger partial charge in [-0.3, -0.25) is 9.36 Å². The van der Waals surface area contributed by atoms with E-state index in [1.54, 1.807) is 21.8 Å². The molecule has 0 spiro atoms. The normalized spacial score (nSPS) is 16.4. The number of anilines is 1. The van der Waals surface area contributed by atoms with E-state index >= 15 is 0 Å². The van der Waals surface area contributed by atoms with E-state index in [1.165, 1.54) is 13.5 Å². The number of esters is 1. The lowest BCUT2D eigenvalue weighted by Gasteiger charge is -2.18.